The lowest BCUT2D eigenvalue weighted by molar-refractivity contribution is 0.0776. The largest absolute Gasteiger partial charge is 0.504 e. The van der Waals surface area contributed by atoms with E-state index in [9.17, 15) is 9.90 Å². The Labute approximate surface area is 118 Å². The normalized spacial score (nSPS) is 28.5. The lowest BCUT2D eigenvalue weighted by atomic mass is 9.98. The Hall–Kier alpha value is -1.75. The number of ether oxygens (including phenoxy) is 1. The van der Waals surface area contributed by atoms with Crippen molar-refractivity contribution in [2.75, 3.05) is 20.2 Å². The molecule has 1 aliphatic heterocycles. The topological polar surface area (TPSA) is 75.8 Å². The van der Waals surface area contributed by atoms with Gasteiger partial charge in [-0.1, -0.05) is 6.07 Å². The number of benzene rings is 1. The maximum Gasteiger partial charge on any atom is 0.257 e. The molecule has 108 valence electrons. The molecule has 1 aromatic carbocycles. The van der Waals surface area contributed by atoms with E-state index in [-0.39, 0.29) is 17.7 Å². The Kier molecular flexibility index (Phi) is 3.30. The number of phenols is 1. The first-order valence-corrected chi connectivity index (χ1v) is 7.02. The van der Waals surface area contributed by atoms with Crippen molar-refractivity contribution in [3.63, 3.8) is 0 Å². The van der Waals surface area contributed by atoms with E-state index in [0.717, 1.165) is 19.4 Å². The molecule has 3 unspecified atom stereocenters. The van der Waals surface area contributed by atoms with E-state index in [4.69, 9.17) is 10.5 Å². The van der Waals surface area contributed by atoms with Crippen molar-refractivity contribution in [2.24, 2.45) is 17.6 Å². The fourth-order valence-corrected chi connectivity index (χ4v) is 3.50. The maximum atomic E-state index is 12.5. The minimum absolute atomic E-state index is 0.0821. The van der Waals surface area contributed by atoms with Crippen LogP contribution in [0, 0.1) is 11.8 Å². The van der Waals surface area contributed by atoms with Gasteiger partial charge in [0.05, 0.1) is 12.7 Å². The van der Waals surface area contributed by atoms with Crippen molar-refractivity contribution in [2.45, 2.75) is 18.9 Å². The minimum Gasteiger partial charge on any atom is -0.504 e. The van der Waals surface area contributed by atoms with Gasteiger partial charge in [0.1, 0.15) is 0 Å². The zero-order valence-electron chi connectivity index (χ0n) is 11.6. The first kappa shape index (κ1) is 13.2. The SMILES string of the molecule is COc1cccc(C(=O)N2CC3CCC(N)C3C2)c1O. The van der Waals surface area contributed by atoms with Crippen molar-refractivity contribution in [3.8, 4) is 11.5 Å². The Morgan fingerprint density at radius 2 is 2.20 bits per heavy atom. The number of hydrogen-bond acceptors (Lipinski definition) is 4. The highest BCUT2D eigenvalue weighted by molar-refractivity contribution is 5.97. The first-order chi connectivity index (χ1) is 9.61. The summed E-state index contributed by atoms with van der Waals surface area (Å²) in [6.07, 6.45) is 2.15. The van der Waals surface area contributed by atoms with Crippen molar-refractivity contribution in [1.82, 2.24) is 4.90 Å². The van der Waals surface area contributed by atoms with E-state index in [1.807, 2.05) is 4.90 Å². The van der Waals surface area contributed by atoms with Gasteiger partial charge in [-0.15, -0.1) is 0 Å². The molecule has 3 rings (SSSR count). The van der Waals surface area contributed by atoms with Crippen LogP contribution in [0.25, 0.3) is 0 Å². The van der Waals surface area contributed by atoms with Crippen LogP contribution in [0.2, 0.25) is 0 Å². The van der Waals surface area contributed by atoms with E-state index < -0.39 is 0 Å². The van der Waals surface area contributed by atoms with Crippen LogP contribution in [-0.2, 0) is 0 Å². The summed E-state index contributed by atoms with van der Waals surface area (Å²) >= 11 is 0. The summed E-state index contributed by atoms with van der Waals surface area (Å²) in [5, 5.41) is 10.1. The number of fused-ring (bicyclic) bond motifs is 1. The molecular weight excluding hydrogens is 256 g/mol. The van der Waals surface area contributed by atoms with Crippen molar-refractivity contribution >= 4 is 5.91 Å². The molecular formula is C15H20N2O3. The number of nitrogens with two attached hydrogens (primary N) is 1. The predicted molar refractivity (Wildman–Crippen MR) is 74.8 cm³/mol. The number of phenolic OH excluding ortho intramolecular Hbond substituents is 1. The number of methoxy groups -OCH3 is 1. The van der Waals surface area contributed by atoms with Crippen LogP contribution in [0.1, 0.15) is 23.2 Å². The second-order valence-corrected chi connectivity index (χ2v) is 5.73. The summed E-state index contributed by atoms with van der Waals surface area (Å²) in [6, 6.07) is 5.19. The van der Waals surface area contributed by atoms with Crippen LogP contribution in [0.4, 0.5) is 0 Å². The molecule has 2 aliphatic rings. The molecule has 3 atom stereocenters. The number of para-hydroxylation sites is 1. The van der Waals surface area contributed by atoms with Crippen LogP contribution >= 0.6 is 0 Å². The fourth-order valence-electron chi connectivity index (χ4n) is 3.50. The smallest absolute Gasteiger partial charge is 0.257 e. The van der Waals surface area contributed by atoms with Gasteiger partial charge in [0.2, 0.25) is 0 Å². The second-order valence-electron chi connectivity index (χ2n) is 5.73. The molecule has 1 heterocycles. The van der Waals surface area contributed by atoms with Gasteiger partial charge in [-0.3, -0.25) is 4.79 Å². The van der Waals surface area contributed by atoms with E-state index in [1.165, 1.54) is 7.11 Å². The van der Waals surface area contributed by atoms with Crippen molar-refractivity contribution in [3.05, 3.63) is 23.8 Å². The zero-order valence-corrected chi connectivity index (χ0v) is 11.6. The average molecular weight is 276 g/mol. The number of carbonyl (C=O) groups excluding carboxylic acids is 1. The number of likely N-dealkylation sites (tertiary alicyclic amines) is 1. The lowest BCUT2D eigenvalue weighted by Crippen LogP contribution is -2.33. The Morgan fingerprint density at radius 3 is 2.90 bits per heavy atom. The quantitative estimate of drug-likeness (QED) is 0.851. The molecule has 1 aliphatic carbocycles. The summed E-state index contributed by atoms with van der Waals surface area (Å²) in [7, 11) is 1.47. The second kappa shape index (κ2) is 4.98. The van der Waals surface area contributed by atoms with E-state index in [2.05, 4.69) is 0 Å². The maximum absolute atomic E-state index is 12.5. The number of hydrogen-bond donors (Lipinski definition) is 2. The molecule has 1 saturated heterocycles. The Bertz CT molecular complexity index is 532. The highest BCUT2D eigenvalue weighted by atomic mass is 16.5. The monoisotopic (exact) mass is 276 g/mol. The van der Waals surface area contributed by atoms with Crippen molar-refractivity contribution < 1.29 is 14.6 Å². The molecule has 0 radical (unpaired) electrons. The molecule has 0 spiro atoms. The molecule has 5 nitrogen and oxygen atoms in total. The third kappa shape index (κ3) is 2.02. The van der Waals surface area contributed by atoms with E-state index in [0.29, 0.717) is 29.7 Å². The van der Waals surface area contributed by atoms with Gasteiger partial charge in [-0.25, -0.2) is 0 Å². The van der Waals surface area contributed by atoms with Gasteiger partial charge in [0, 0.05) is 19.1 Å². The molecule has 1 amide bonds. The number of nitrogens with zero attached hydrogens (tertiary/aromatic N) is 1. The highest BCUT2D eigenvalue weighted by Gasteiger charge is 2.42. The number of amides is 1. The van der Waals surface area contributed by atoms with Crippen LogP contribution in [0.3, 0.4) is 0 Å². The van der Waals surface area contributed by atoms with Gasteiger partial charge in [-0.05, 0) is 36.8 Å². The molecule has 1 aromatic rings. The molecule has 3 N–H and O–H groups in total. The van der Waals surface area contributed by atoms with Gasteiger partial charge >= 0.3 is 0 Å². The fraction of sp³-hybridized carbons (Fsp3) is 0.533. The predicted octanol–water partition coefficient (Wildman–Crippen LogP) is 1.21. The minimum atomic E-state index is -0.136. The van der Waals surface area contributed by atoms with Gasteiger partial charge < -0.3 is 20.5 Å². The standard InChI is InChI=1S/C15H20N2O3/c1-20-13-4-2-3-10(14(13)18)15(19)17-7-9-5-6-12(16)11(9)8-17/h2-4,9,11-12,18H,5-8,16H2,1H3. The van der Waals surface area contributed by atoms with Crippen LogP contribution in [0.5, 0.6) is 11.5 Å². The van der Waals surface area contributed by atoms with Gasteiger partial charge in [0.15, 0.2) is 11.5 Å². The molecule has 5 heteroatoms. The number of rotatable bonds is 2. The summed E-state index contributed by atoms with van der Waals surface area (Å²) in [6.45, 7) is 1.44. The molecule has 0 aromatic heterocycles. The lowest BCUT2D eigenvalue weighted by Gasteiger charge is -2.19. The van der Waals surface area contributed by atoms with Gasteiger partial charge in [-0.2, -0.15) is 0 Å². The Morgan fingerprint density at radius 1 is 1.40 bits per heavy atom. The number of aromatic hydroxyl groups is 1. The molecule has 2 fully saturated rings. The number of carbonyl (C=O) groups is 1. The summed E-state index contributed by atoms with van der Waals surface area (Å²) in [5.41, 5.74) is 6.39. The van der Waals surface area contributed by atoms with Gasteiger partial charge in [0.25, 0.3) is 5.91 Å². The average Bonchev–Trinajstić information content (AvgIpc) is 3.01. The van der Waals surface area contributed by atoms with Crippen LogP contribution in [0.15, 0.2) is 18.2 Å². The van der Waals surface area contributed by atoms with Crippen LogP contribution in [-0.4, -0.2) is 42.2 Å². The Balaban J connectivity index is 1.81. The highest BCUT2D eigenvalue weighted by Crippen LogP contribution is 2.38. The molecule has 1 saturated carbocycles. The first-order valence-electron chi connectivity index (χ1n) is 7.02. The van der Waals surface area contributed by atoms with Crippen LogP contribution < -0.4 is 10.5 Å². The molecule has 20 heavy (non-hydrogen) atoms. The molecule has 0 bridgehead atoms. The van der Waals surface area contributed by atoms with E-state index in [1.54, 1.807) is 18.2 Å². The van der Waals surface area contributed by atoms with E-state index >= 15 is 0 Å². The summed E-state index contributed by atoms with van der Waals surface area (Å²) in [5.74, 6) is 1.03. The van der Waals surface area contributed by atoms with Crippen molar-refractivity contribution in [1.29, 1.82) is 0 Å². The third-order valence-corrected chi connectivity index (χ3v) is 4.65. The third-order valence-electron chi connectivity index (χ3n) is 4.65. The zero-order chi connectivity index (χ0) is 14.3. The summed E-state index contributed by atoms with van der Waals surface area (Å²) in [4.78, 5) is 14.4. The summed E-state index contributed by atoms with van der Waals surface area (Å²) < 4.78 is 5.05.